The van der Waals surface area contributed by atoms with Crippen LogP contribution in [0.15, 0.2) is 59.4 Å². The molecule has 2 aliphatic rings. The Bertz CT molecular complexity index is 910. The van der Waals surface area contributed by atoms with Gasteiger partial charge in [-0.3, -0.25) is 15.0 Å². The summed E-state index contributed by atoms with van der Waals surface area (Å²) in [4.78, 5) is 27.3. The number of non-ortho nitro benzene ring substituents is 1. The lowest BCUT2D eigenvalue weighted by Crippen LogP contribution is -2.47. The van der Waals surface area contributed by atoms with Crippen molar-refractivity contribution in [2.75, 3.05) is 44.2 Å². The second kappa shape index (κ2) is 11.8. The first-order valence-electron chi connectivity index (χ1n) is 11.8. The molecule has 0 amide bonds. The smallest absolute Gasteiger partial charge is 0.269 e. The van der Waals surface area contributed by atoms with E-state index in [1.165, 1.54) is 5.57 Å². The number of carbonyl (C=O) groups is 1. The molecule has 1 saturated heterocycles. The summed E-state index contributed by atoms with van der Waals surface area (Å²) >= 11 is 0. The van der Waals surface area contributed by atoms with Crippen LogP contribution in [0.25, 0.3) is 0 Å². The molecule has 0 saturated carbocycles. The summed E-state index contributed by atoms with van der Waals surface area (Å²) in [6, 6.07) is 6.73. The number of aldehydes is 1. The molecule has 1 atom stereocenters. The van der Waals surface area contributed by atoms with E-state index >= 15 is 0 Å². The zero-order valence-corrected chi connectivity index (χ0v) is 19.9. The van der Waals surface area contributed by atoms with Crippen molar-refractivity contribution in [1.82, 2.24) is 4.90 Å². The molecule has 0 aromatic heterocycles. The van der Waals surface area contributed by atoms with Crippen LogP contribution in [0, 0.1) is 22.0 Å². The number of benzene rings is 1. The highest BCUT2D eigenvalue weighted by Gasteiger charge is 2.26. The van der Waals surface area contributed by atoms with Gasteiger partial charge in [-0.05, 0) is 41.7 Å². The predicted molar refractivity (Wildman–Crippen MR) is 131 cm³/mol. The van der Waals surface area contributed by atoms with Crippen LogP contribution in [-0.2, 0) is 9.53 Å². The van der Waals surface area contributed by atoms with Crippen LogP contribution >= 0.6 is 0 Å². The van der Waals surface area contributed by atoms with Gasteiger partial charge in [0, 0.05) is 50.5 Å². The molecule has 1 unspecified atom stereocenters. The third-order valence-electron chi connectivity index (χ3n) is 6.28. The molecule has 178 valence electrons. The molecule has 1 heterocycles. The lowest BCUT2D eigenvalue weighted by molar-refractivity contribution is -0.384. The van der Waals surface area contributed by atoms with Crippen LogP contribution in [0.3, 0.4) is 0 Å². The Morgan fingerprint density at radius 2 is 1.85 bits per heavy atom. The standard InChI is InChI=1S/C26H35N3O4/c1-4-5-16-33-26-17-21(20(2)3)6-7-22(25(26)19-30)18-27-12-14-28(15-13-27)23-8-10-24(11-9-23)29(31)32/h6-11,17,19-20,25H,4-5,12-16,18H2,1-3H3. The molecule has 1 aromatic rings. The van der Waals surface area contributed by atoms with Crippen LogP contribution in [0.2, 0.25) is 0 Å². The Balaban J connectivity index is 1.67. The van der Waals surface area contributed by atoms with E-state index in [0.29, 0.717) is 19.1 Å². The summed E-state index contributed by atoms with van der Waals surface area (Å²) in [5.74, 6) is 0.747. The first-order chi connectivity index (χ1) is 15.9. The van der Waals surface area contributed by atoms with Crippen molar-refractivity contribution in [2.24, 2.45) is 11.8 Å². The molecule has 33 heavy (non-hydrogen) atoms. The van der Waals surface area contributed by atoms with E-state index in [2.05, 4.69) is 48.8 Å². The molecule has 0 bridgehead atoms. The van der Waals surface area contributed by atoms with Crippen LogP contribution in [-0.4, -0.2) is 55.4 Å². The number of piperazine rings is 1. The number of anilines is 1. The fourth-order valence-corrected chi connectivity index (χ4v) is 4.13. The first-order valence-corrected chi connectivity index (χ1v) is 11.8. The van der Waals surface area contributed by atoms with Gasteiger partial charge in [0.05, 0.1) is 17.4 Å². The third-order valence-corrected chi connectivity index (χ3v) is 6.28. The van der Waals surface area contributed by atoms with Gasteiger partial charge in [-0.2, -0.15) is 0 Å². The summed E-state index contributed by atoms with van der Waals surface area (Å²) in [7, 11) is 0. The highest BCUT2D eigenvalue weighted by atomic mass is 16.6. The highest BCUT2D eigenvalue weighted by molar-refractivity contribution is 5.65. The molecule has 1 fully saturated rings. The number of hydrogen-bond acceptors (Lipinski definition) is 6. The van der Waals surface area contributed by atoms with Gasteiger partial charge in [-0.25, -0.2) is 0 Å². The maximum absolute atomic E-state index is 12.1. The monoisotopic (exact) mass is 453 g/mol. The van der Waals surface area contributed by atoms with Crippen LogP contribution < -0.4 is 4.90 Å². The maximum atomic E-state index is 12.1. The summed E-state index contributed by atoms with van der Waals surface area (Å²) < 4.78 is 6.08. The number of rotatable bonds is 10. The summed E-state index contributed by atoms with van der Waals surface area (Å²) in [5.41, 5.74) is 3.34. The number of carbonyl (C=O) groups excluding carboxylic acids is 1. The molecular formula is C26H35N3O4. The first kappa shape index (κ1) is 24.7. The number of allylic oxidation sites excluding steroid dienone is 5. The van der Waals surface area contributed by atoms with Crippen molar-refractivity contribution in [2.45, 2.75) is 33.6 Å². The number of ether oxygens (including phenoxy) is 1. The van der Waals surface area contributed by atoms with Gasteiger partial charge in [0.25, 0.3) is 5.69 Å². The van der Waals surface area contributed by atoms with Gasteiger partial charge in [0.1, 0.15) is 12.0 Å². The molecule has 1 aromatic carbocycles. The van der Waals surface area contributed by atoms with Crippen LogP contribution in [0.5, 0.6) is 0 Å². The van der Waals surface area contributed by atoms with Gasteiger partial charge in [-0.1, -0.05) is 39.3 Å². The summed E-state index contributed by atoms with van der Waals surface area (Å²) in [6.07, 6.45) is 9.30. The molecular weight excluding hydrogens is 418 g/mol. The number of unbranched alkanes of at least 4 members (excludes halogenated alkanes) is 1. The minimum atomic E-state index is -0.376. The van der Waals surface area contributed by atoms with E-state index in [1.807, 2.05) is 12.1 Å². The van der Waals surface area contributed by atoms with E-state index in [9.17, 15) is 14.9 Å². The Labute approximate surface area is 196 Å². The molecule has 3 rings (SSSR count). The fraction of sp³-hybridized carbons (Fsp3) is 0.500. The zero-order chi connectivity index (χ0) is 23.8. The average molecular weight is 454 g/mol. The second-order valence-corrected chi connectivity index (χ2v) is 8.96. The molecule has 0 radical (unpaired) electrons. The molecule has 1 aliphatic heterocycles. The van der Waals surface area contributed by atoms with Crippen molar-refractivity contribution in [3.8, 4) is 0 Å². The predicted octanol–water partition coefficient (Wildman–Crippen LogP) is 4.75. The van der Waals surface area contributed by atoms with Crippen molar-refractivity contribution in [3.63, 3.8) is 0 Å². The van der Waals surface area contributed by atoms with E-state index in [0.717, 1.165) is 62.3 Å². The van der Waals surface area contributed by atoms with Crippen molar-refractivity contribution < 1.29 is 14.5 Å². The normalized spacial score (nSPS) is 19.5. The number of hydrogen-bond donors (Lipinski definition) is 0. The van der Waals surface area contributed by atoms with Gasteiger partial charge >= 0.3 is 0 Å². The number of nitro benzene ring substituents is 1. The maximum Gasteiger partial charge on any atom is 0.269 e. The molecule has 0 spiro atoms. The molecule has 1 aliphatic carbocycles. The summed E-state index contributed by atoms with van der Waals surface area (Å²) in [6.45, 7) is 11.2. The SMILES string of the molecule is CCCCOC1=CC(C(C)C)=CC=C(CN2CCN(c3ccc([N+](=O)[O-])cc3)CC2)C1C=O. The third kappa shape index (κ3) is 6.54. The Kier molecular flexibility index (Phi) is 8.83. The van der Waals surface area contributed by atoms with Gasteiger partial charge in [0.2, 0.25) is 0 Å². The Morgan fingerprint density at radius 3 is 2.42 bits per heavy atom. The molecule has 7 heteroatoms. The zero-order valence-electron chi connectivity index (χ0n) is 19.9. The van der Waals surface area contributed by atoms with Gasteiger partial charge in [-0.15, -0.1) is 0 Å². The average Bonchev–Trinajstić information content (AvgIpc) is 2.99. The van der Waals surface area contributed by atoms with Crippen molar-refractivity contribution in [3.05, 3.63) is 69.5 Å². The lowest BCUT2D eigenvalue weighted by Gasteiger charge is -2.37. The van der Waals surface area contributed by atoms with Gasteiger partial charge in [0.15, 0.2) is 0 Å². The van der Waals surface area contributed by atoms with Crippen molar-refractivity contribution in [1.29, 1.82) is 0 Å². The van der Waals surface area contributed by atoms with Crippen molar-refractivity contribution >= 4 is 17.7 Å². The second-order valence-electron chi connectivity index (χ2n) is 8.96. The van der Waals surface area contributed by atoms with Gasteiger partial charge < -0.3 is 14.4 Å². The Morgan fingerprint density at radius 1 is 1.15 bits per heavy atom. The minimum absolute atomic E-state index is 0.108. The molecule has 0 N–H and O–H groups in total. The fourth-order valence-electron chi connectivity index (χ4n) is 4.13. The van der Waals surface area contributed by atoms with Crippen LogP contribution in [0.1, 0.15) is 33.6 Å². The minimum Gasteiger partial charge on any atom is -0.497 e. The Hall–Kier alpha value is -2.93. The van der Waals surface area contributed by atoms with E-state index in [1.54, 1.807) is 12.1 Å². The number of nitrogens with zero attached hydrogens (tertiary/aromatic N) is 3. The van der Waals surface area contributed by atoms with E-state index < -0.39 is 0 Å². The topological polar surface area (TPSA) is 75.9 Å². The highest BCUT2D eigenvalue weighted by Crippen LogP contribution is 2.29. The summed E-state index contributed by atoms with van der Waals surface area (Å²) in [5, 5.41) is 10.9. The van der Waals surface area contributed by atoms with E-state index in [4.69, 9.17) is 4.74 Å². The largest absolute Gasteiger partial charge is 0.497 e. The quantitative estimate of drug-likeness (QED) is 0.220. The van der Waals surface area contributed by atoms with Crippen LogP contribution in [0.4, 0.5) is 11.4 Å². The lowest BCUT2D eigenvalue weighted by atomic mass is 9.97. The van der Waals surface area contributed by atoms with E-state index in [-0.39, 0.29) is 16.5 Å². The molecule has 7 nitrogen and oxygen atoms in total. The number of nitro groups is 1.